The number of nitrogens with one attached hydrogen (secondary N) is 1. The molecule has 3 rings (SSSR count). The summed E-state index contributed by atoms with van der Waals surface area (Å²) >= 11 is 4.08. The fourth-order valence-electron chi connectivity index (χ4n) is 2.48. The van der Waals surface area contributed by atoms with Gasteiger partial charge in [0.2, 0.25) is 0 Å². The number of hydrogen-bond donors (Lipinski definition) is 2. The van der Waals surface area contributed by atoms with Crippen LogP contribution in [-0.2, 0) is 0 Å². The third-order valence-electron chi connectivity index (χ3n) is 3.86. The van der Waals surface area contributed by atoms with Crippen LogP contribution in [-0.4, -0.2) is 46.1 Å². The van der Waals surface area contributed by atoms with Gasteiger partial charge in [-0.25, -0.2) is 14.8 Å². The van der Waals surface area contributed by atoms with Gasteiger partial charge in [-0.1, -0.05) is 18.9 Å². The predicted octanol–water partition coefficient (Wildman–Crippen LogP) is 3.57. The SMILES string of the molecule is C=CCN(S)C(=O)Nc1ccc2ncc(-c3ccc(OC)c(OC)c3)nc2n1. The first-order chi connectivity index (χ1) is 13.5. The first-order valence-corrected chi connectivity index (χ1v) is 8.70. The monoisotopic (exact) mass is 397 g/mol. The van der Waals surface area contributed by atoms with Crippen LogP contribution in [0.3, 0.4) is 0 Å². The fourth-order valence-corrected chi connectivity index (χ4v) is 2.65. The van der Waals surface area contributed by atoms with Gasteiger partial charge < -0.3 is 9.47 Å². The summed E-state index contributed by atoms with van der Waals surface area (Å²) in [6, 6.07) is 8.44. The van der Waals surface area contributed by atoms with E-state index in [0.717, 1.165) is 5.56 Å². The lowest BCUT2D eigenvalue weighted by Gasteiger charge is -2.14. The van der Waals surface area contributed by atoms with E-state index < -0.39 is 6.03 Å². The molecule has 0 aliphatic heterocycles. The minimum Gasteiger partial charge on any atom is -0.493 e. The molecule has 0 unspecified atom stereocenters. The van der Waals surface area contributed by atoms with Crippen molar-refractivity contribution in [2.24, 2.45) is 0 Å². The zero-order chi connectivity index (χ0) is 20.1. The summed E-state index contributed by atoms with van der Waals surface area (Å²) < 4.78 is 11.8. The normalized spacial score (nSPS) is 10.4. The van der Waals surface area contributed by atoms with Crippen LogP contribution in [0.15, 0.2) is 49.2 Å². The Morgan fingerprint density at radius 3 is 2.71 bits per heavy atom. The number of fused-ring (bicyclic) bond motifs is 1. The second-order valence-electron chi connectivity index (χ2n) is 5.67. The summed E-state index contributed by atoms with van der Waals surface area (Å²) in [6.07, 6.45) is 3.23. The molecule has 0 radical (unpaired) electrons. The molecule has 3 aromatic rings. The lowest BCUT2D eigenvalue weighted by atomic mass is 10.1. The third-order valence-corrected chi connectivity index (χ3v) is 4.20. The van der Waals surface area contributed by atoms with Crippen molar-refractivity contribution in [2.45, 2.75) is 0 Å². The van der Waals surface area contributed by atoms with Crippen LogP contribution < -0.4 is 14.8 Å². The number of urea groups is 1. The van der Waals surface area contributed by atoms with Crippen LogP contribution in [0, 0.1) is 0 Å². The molecular weight excluding hydrogens is 378 g/mol. The summed E-state index contributed by atoms with van der Waals surface area (Å²) in [5.74, 6) is 1.56. The average Bonchev–Trinajstić information content (AvgIpc) is 2.72. The number of hydrogen-bond acceptors (Lipinski definition) is 7. The van der Waals surface area contributed by atoms with Crippen LogP contribution in [0.5, 0.6) is 11.5 Å². The Hall–Kier alpha value is -3.33. The van der Waals surface area contributed by atoms with Crippen molar-refractivity contribution in [1.82, 2.24) is 19.3 Å². The Kier molecular flexibility index (Phi) is 5.95. The number of carbonyl (C=O) groups is 1. The van der Waals surface area contributed by atoms with E-state index in [2.05, 4.69) is 39.7 Å². The largest absolute Gasteiger partial charge is 0.493 e. The number of amides is 2. The van der Waals surface area contributed by atoms with Crippen molar-refractivity contribution in [3.63, 3.8) is 0 Å². The Bertz CT molecular complexity index is 1030. The van der Waals surface area contributed by atoms with E-state index >= 15 is 0 Å². The Labute approximate surface area is 167 Å². The minimum atomic E-state index is -0.418. The predicted molar refractivity (Wildman–Crippen MR) is 111 cm³/mol. The number of anilines is 1. The van der Waals surface area contributed by atoms with Crippen LogP contribution in [0.1, 0.15) is 0 Å². The van der Waals surface area contributed by atoms with Crippen LogP contribution in [0.2, 0.25) is 0 Å². The average molecular weight is 397 g/mol. The number of carbonyl (C=O) groups excluding carboxylic acids is 1. The zero-order valence-corrected chi connectivity index (χ0v) is 16.3. The smallest absolute Gasteiger partial charge is 0.333 e. The highest BCUT2D eigenvalue weighted by Crippen LogP contribution is 2.31. The van der Waals surface area contributed by atoms with Crippen LogP contribution in [0.4, 0.5) is 10.6 Å². The van der Waals surface area contributed by atoms with Gasteiger partial charge in [0.1, 0.15) is 11.3 Å². The molecule has 0 aliphatic carbocycles. The summed E-state index contributed by atoms with van der Waals surface area (Å²) in [6.45, 7) is 3.87. The van der Waals surface area contributed by atoms with Crippen LogP contribution >= 0.6 is 12.8 Å². The number of nitrogens with zero attached hydrogens (tertiary/aromatic N) is 4. The van der Waals surface area contributed by atoms with E-state index in [1.807, 2.05) is 12.1 Å². The molecule has 8 nitrogen and oxygen atoms in total. The number of pyridine rings is 1. The number of ether oxygens (including phenoxy) is 2. The summed E-state index contributed by atoms with van der Waals surface area (Å²) in [4.78, 5) is 25.4. The molecule has 28 heavy (non-hydrogen) atoms. The molecule has 0 saturated carbocycles. The van der Waals surface area contributed by atoms with E-state index in [4.69, 9.17) is 9.47 Å². The molecule has 0 spiro atoms. The van der Waals surface area contributed by atoms with Gasteiger partial charge in [0.25, 0.3) is 0 Å². The first kappa shape index (κ1) is 19.4. The summed E-state index contributed by atoms with van der Waals surface area (Å²) in [5.41, 5.74) is 2.43. The second kappa shape index (κ2) is 8.57. The number of aromatic nitrogens is 3. The maximum absolute atomic E-state index is 12.0. The quantitative estimate of drug-likeness (QED) is 0.488. The van der Waals surface area contributed by atoms with Gasteiger partial charge in [0, 0.05) is 5.56 Å². The summed E-state index contributed by atoms with van der Waals surface area (Å²) in [5, 5.41) is 2.66. The van der Waals surface area contributed by atoms with Gasteiger partial charge in [-0.15, -0.1) is 6.58 Å². The van der Waals surface area contributed by atoms with Gasteiger partial charge in [-0.05, 0) is 30.3 Å². The van der Waals surface area contributed by atoms with Gasteiger partial charge in [0.05, 0.1) is 32.7 Å². The van der Waals surface area contributed by atoms with Crippen molar-refractivity contribution in [3.8, 4) is 22.8 Å². The number of thiol groups is 1. The highest BCUT2D eigenvalue weighted by atomic mass is 32.1. The Balaban J connectivity index is 1.92. The highest BCUT2D eigenvalue weighted by molar-refractivity contribution is 7.78. The molecule has 9 heteroatoms. The summed E-state index contributed by atoms with van der Waals surface area (Å²) in [7, 11) is 3.15. The maximum Gasteiger partial charge on any atom is 0.333 e. The van der Waals surface area contributed by atoms with E-state index in [1.54, 1.807) is 44.7 Å². The van der Waals surface area contributed by atoms with Gasteiger partial charge in [-0.3, -0.25) is 14.6 Å². The zero-order valence-electron chi connectivity index (χ0n) is 15.4. The van der Waals surface area contributed by atoms with Crippen LogP contribution in [0.25, 0.3) is 22.4 Å². The molecule has 2 aromatic heterocycles. The second-order valence-corrected chi connectivity index (χ2v) is 6.15. The van der Waals surface area contributed by atoms with Crippen molar-refractivity contribution in [3.05, 3.63) is 49.2 Å². The molecule has 0 fully saturated rings. The molecule has 2 heterocycles. The Morgan fingerprint density at radius 1 is 1.21 bits per heavy atom. The van der Waals surface area contributed by atoms with Gasteiger partial charge in [0.15, 0.2) is 17.1 Å². The maximum atomic E-state index is 12.0. The van der Waals surface area contributed by atoms with Gasteiger partial charge in [-0.2, -0.15) is 0 Å². The van der Waals surface area contributed by atoms with Crippen molar-refractivity contribution in [2.75, 3.05) is 26.1 Å². The van der Waals surface area contributed by atoms with Crippen molar-refractivity contribution in [1.29, 1.82) is 0 Å². The molecule has 144 valence electrons. The first-order valence-electron chi connectivity index (χ1n) is 8.30. The molecule has 0 aliphatic rings. The Morgan fingerprint density at radius 2 is 2.00 bits per heavy atom. The topological polar surface area (TPSA) is 89.5 Å². The molecule has 1 aromatic carbocycles. The molecule has 1 N–H and O–H groups in total. The minimum absolute atomic E-state index is 0.297. The third kappa shape index (κ3) is 4.15. The van der Waals surface area contributed by atoms with Crippen molar-refractivity contribution >= 4 is 35.8 Å². The van der Waals surface area contributed by atoms with E-state index in [-0.39, 0.29) is 0 Å². The van der Waals surface area contributed by atoms with E-state index in [9.17, 15) is 4.79 Å². The molecular formula is C19H19N5O3S. The molecule has 0 bridgehead atoms. The van der Waals surface area contributed by atoms with Gasteiger partial charge >= 0.3 is 6.03 Å². The fraction of sp³-hybridized carbons (Fsp3) is 0.158. The highest BCUT2D eigenvalue weighted by Gasteiger charge is 2.12. The lowest BCUT2D eigenvalue weighted by Crippen LogP contribution is -2.27. The number of rotatable bonds is 6. The van der Waals surface area contributed by atoms with Crippen molar-refractivity contribution < 1.29 is 14.3 Å². The molecule has 2 amide bonds. The number of methoxy groups -OCH3 is 2. The van der Waals surface area contributed by atoms with E-state index in [1.165, 1.54) is 4.31 Å². The standard InChI is InChI=1S/C19H19N5O3S/c1-4-9-24(28)19(25)23-17-8-6-13-18(22-17)21-14(11-20-13)12-5-7-15(26-2)16(10-12)27-3/h4-8,10-11,28H,1,9H2,2-3H3,(H,21,22,23,25). The lowest BCUT2D eigenvalue weighted by molar-refractivity contribution is 0.241. The number of benzene rings is 1. The van der Waals surface area contributed by atoms with E-state index in [0.29, 0.717) is 40.7 Å². The molecule has 0 saturated heterocycles. The molecule has 0 atom stereocenters.